The molecule has 1 heterocycles. The molecule has 1 unspecified atom stereocenters. The first-order valence-electron chi connectivity index (χ1n) is 6.80. The second kappa shape index (κ2) is 6.60. The van der Waals surface area contributed by atoms with E-state index in [2.05, 4.69) is 4.98 Å². The molecule has 3 rings (SSSR count). The maximum atomic E-state index is 11.4. The molecule has 0 bridgehead atoms. The highest BCUT2D eigenvalue weighted by molar-refractivity contribution is 7.91. The second-order valence-corrected chi connectivity index (χ2v) is 8.25. The van der Waals surface area contributed by atoms with Gasteiger partial charge in [-0.05, 0) is 35.4 Å². The van der Waals surface area contributed by atoms with Crippen molar-refractivity contribution in [1.29, 1.82) is 0 Å². The summed E-state index contributed by atoms with van der Waals surface area (Å²) in [4.78, 5) is 14.9. The summed E-state index contributed by atoms with van der Waals surface area (Å²) in [6.45, 7) is 0. The third-order valence-electron chi connectivity index (χ3n) is 3.33. The van der Waals surface area contributed by atoms with E-state index in [0.717, 1.165) is 11.3 Å². The largest absolute Gasteiger partial charge is 0.537 e. The lowest BCUT2D eigenvalue weighted by molar-refractivity contribution is -0.286. The molecular formula is C15H10ClN2O5S2-. The standard InChI is InChI=1S/C15H11ClN2O5S2/c16-10-4-1-8(2-5-10)13(23-15(19)20)9-3-6-11-12(7-9)24-14(18-11)25(17,21)22/h1-7,13H,(H,19,20)(H2,17,21,22)/p-1. The molecule has 0 radical (unpaired) electrons. The zero-order valence-corrected chi connectivity index (χ0v) is 14.8. The highest BCUT2D eigenvalue weighted by Gasteiger charge is 2.18. The van der Waals surface area contributed by atoms with Crippen LogP contribution in [0.2, 0.25) is 5.02 Å². The van der Waals surface area contributed by atoms with Crippen LogP contribution < -0.4 is 10.2 Å². The van der Waals surface area contributed by atoms with Crippen molar-refractivity contribution >= 4 is 49.3 Å². The van der Waals surface area contributed by atoms with Gasteiger partial charge in [0.25, 0.3) is 16.2 Å². The Labute approximate surface area is 151 Å². The number of carbonyl (C=O) groups is 1. The number of hydrogen-bond acceptors (Lipinski definition) is 7. The van der Waals surface area contributed by atoms with Gasteiger partial charge in [-0.2, -0.15) is 0 Å². The van der Waals surface area contributed by atoms with E-state index in [1.54, 1.807) is 42.5 Å². The fourth-order valence-electron chi connectivity index (χ4n) is 2.27. The molecule has 0 aliphatic rings. The number of fused-ring (bicyclic) bond motifs is 1. The fourth-order valence-corrected chi connectivity index (χ4v) is 4.10. The second-order valence-electron chi connectivity index (χ2n) is 5.05. The highest BCUT2D eigenvalue weighted by Crippen LogP contribution is 2.32. The molecule has 0 amide bonds. The number of nitrogens with two attached hydrogens (primary N) is 1. The molecule has 0 aliphatic carbocycles. The molecule has 0 aliphatic heterocycles. The number of carboxylic acid groups (broad SMARTS) is 1. The summed E-state index contributed by atoms with van der Waals surface area (Å²) in [5, 5.41) is 16.5. The van der Waals surface area contributed by atoms with Crippen LogP contribution in [0.4, 0.5) is 4.79 Å². The van der Waals surface area contributed by atoms with Gasteiger partial charge in [0.1, 0.15) is 0 Å². The number of carbonyl (C=O) groups excluding carboxylic acids is 1. The van der Waals surface area contributed by atoms with Crippen molar-refractivity contribution in [2.45, 2.75) is 10.4 Å². The molecule has 1 aromatic heterocycles. The molecule has 3 aromatic rings. The average molecular weight is 398 g/mol. The van der Waals surface area contributed by atoms with E-state index in [4.69, 9.17) is 21.5 Å². The van der Waals surface area contributed by atoms with Crippen LogP contribution in [0.15, 0.2) is 46.8 Å². The minimum Gasteiger partial charge on any atom is -0.537 e. The third-order valence-corrected chi connectivity index (χ3v) is 5.92. The van der Waals surface area contributed by atoms with Crippen molar-refractivity contribution in [2.75, 3.05) is 0 Å². The van der Waals surface area contributed by atoms with Gasteiger partial charge in [-0.1, -0.05) is 29.8 Å². The number of aromatic nitrogens is 1. The Morgan fingerprint density at radius 1 is 1.20 bits per heavy atom. The van der Waals surface area contributed by atoms with Crippen LogP contribution in [0.3, 0.4) is 0 Å². The van der Waals surface area contributed by atoms with Gasteiger partial charge >= 0.3 is 0 Å². The molecule has 0 saturated heterocycles. The smallest absolute Gasteiger partial charge is 0.265 e. The number of nitrogens with zero attached hydrogens (tertiary/aromatic N) is 1. The van der Waals surface area contributed by atoms with Gasteiger partial charge in [0.05, 0.1) is 16.3 Å². The highest BCUT2D eigenvalue weighted by atomic mass is 35.5. The predicted molar refractivity (Wildman–Crippen MR) is 90.8 cm³/mol. The van der Waals surface area contributed by atoms with Crippen LogP contribution in [-0.4, -0.2) is 19.6 Å². The van der Waals surface area contributed by atoms with Crippen molar-refractivity contribution in [1.82, 2.24) is 4.98 Å². The Kier molecular flexibility index (Phi) is 4.65. The molecule has 0 fully saturated rings. The van der Waals surface area contributed by atoms with E-state index < -0.39 is 22.3 Å². The summed E-state index contributed by atoms with van der Waals surface area (Å²) in [6, 6.07) is 11.2. The Bertz CT molecular complexity index is 1050. The number of rotatable bonds is 4. The van der Waals surface area contributed by atoms with Crippen LogP contribution in [0.25, 0.3) is 10.2 Å². The molecule has 2 N–H and O–H groups in total. The topological polar surface area (TPSA) is 122 Å². The number of thiazole rings is 1. The van der Waals surface area contributed by atoms with Gasteiger partial charge < -0.3 is 14.6 Å². The first-order chi connectivity index (χ1) is 11.7. The molecular weight excluding hydrogens is 388 g/mol. The molecule has 0 spiro atoms. The first-order valence-corrected chi connectivity index (χ1v) is 9.54. The van der Waals surface area contributed by atoms with Crippen molar-refractivity contribution in [3.8, 4) is 0 Å². The minimum absolute atomic E-state index is 0.219. The maximum Gasteiger partial charge on any atom is 0.265 e. The van der Waals surface area contributed by atoms with Crippen LogP contribution in [0.1, 0.15) is 17.2 Å². The summed E-state index contributed by atoms with van der Waals surface area (Å²) < 4.78 is 28.0. The Morgan fingerprint density at radius 2 is 1.84 bits per heavy atom. The van der Waals surface area contributed by atoms with Crippen LogP contribution >= 0.6 is 22.9 Å². The quantitative estimate of drug-likeness (QED) is 0.672. The Hall–Kier alpha value is -2.20. The van der Waals surface area contributed by atoms with Gasteiger partial charge in [-0.25, -0.2) is 18.5 Å². The normalized spacial score (nSPS) is 12.9. The number of halogens is 1. The molecule has 130 valence electrons. The zero-order valence-electron chi connectivity index (χ0n) is 12.4. The minimum atomic E-state index is -3.92. The lowest BCUT2D eigenvalue weighted by Crippen LogP contribution is -2.26. The van der Waals surface area contributed by atoms with E-state index in [1.807, 2.05) is 0 Å². The third kappa shape index (κ3) is 3.90. The van der Waals surface area contributed by atoms with Crippen LogP contribution in [-0.2, 0) is 14.8 Å². The zero-order chi connectivity index (χ0) is 18.2. The van der Waals surface area contributed by atoms with E-state index in [1.165, 1.54) is 0 Å². The summed E-state index contributed by atoms with van der Waals surface area (Å²) in [7, 11) is -3.92. The Balaban J connectivity index is 2.08. The lowest BCUT2D eigenvalue weighted by atomic mass is 10.0. The van der Waals surface area contributed by atoms with Gasteiger partial charge in [0.15, 0.2) is 0 Å². The van der Waals surface area contributed by atoms with Crippen LogP contribution in [0, 0.1) is 0 Å². The lowest BCUT2D eigenvalue weighted by Gasteiger charge is -2.23. The van der Waals surface area contributed by atoms with Gasteiger partial charge in [-0.3, -0.25) is 0 Å². The van der Waals surface area contributed by atoms with E-state index >= 15 is 0 Å². The monoisotopic (exact) mass is 397 g/mol. The average Bonchev–Trinajstić information content (AvgIpc) is 2.97. The number of hydrogen-bond donors (Lipinski definition) is 1. The van der Waals surface area contributed by atoms with Crippen molar-refractivity contribution < 1.29 is 23.1 Å². The Morgan fingerprint density at radius 3 is 2.44 bits per heavy atom. The van der Waals surface area contributed by atoms with Crippen LogP contribution in [0.5, 0.6) is 0 Å². The molecule has 10 heteroatoms. The molecule has 2 aromatic carbocycles. The number of ether oxygens (including phenoxy) is 1. The fraction of sp³-hybridized carbons (Fsp3) is 0.0667. The molecule has 0 saturated carbocycles. The van der Waals surface area contributed by atoms with Gasteiger partial charge in [0, 0.05) is 5.02 Å². The molecule has 25 heavy (non-hydrogen) atoms. The predicted octanol–water partition coefficient (Wildman–Crippen LogP) is 2.05. The number of sulfonamides is 1. The summed E-state index contributed by atoms with van der Waals surface area (Å²) in [5.41, 5.74) is 1.47. The van der Waals surface area contributed by atoms with Crippen molar-refractivity contribution in [2.24, 2.45) is 5.14 Å². The van der Waals surface area contributed by atoms with Gasteiger partial charge in [0.2, 0.25) is 4.34 Å². The van der Waals surface area contributed by atoms with Crippen molar-refractivity contribution in [3.05, 3.63) is 58.6 Å². The van der Waals surface area contributed by atoms with E-state index in [-0.39, 0.29) is 4.34 Å². The number of primary sulfonamides is 1. The number of benzene rings is 2. The molecule has 7 nitrogen and oxygen atoms in total. The van der Waals surface area contributed by atoms with Gasteiger partial charge in [-0.15, -0.1) is 11.3 Å². The van der Waals surface area contributed by atoms with E-state index in [0.29, 0.717) is 26.4 Å². The van der Waals surface area contributed by atoms with Crippen molar-refractivity contribution in [3.63, 3.8) is 0 Å². The summed E-state index contributed by atoms with van der Waals surface area (Å²) >= 11 is 6.74. The summed E-state index contributed by atoms with van der Waals surface area (Å²) in [5.74, 6) is 0. The first kappa shape index (κ1) is 17.6. The summed E-state index contributed by atoms with van der Waals surface area (Å²) in [6.07, 6.45) is -2.64. The SMILES string of the molecule is NS(=O)(=O)c1nc2ccc(C(OC(=O)[O-])c3ccc(Cl)cc3)cc2s1. The maximum absolute atomic E-state index is 11.4. The van der Waals surface area contributed by atoms with E-state index in [9.17, 15) is 18.3 Å². The molecule has 1 atom stereocenters.